The minimum atomic E-state index is -0.589. The maximum Gasteiger partial charge on any atom is 0.325 e. The van der Waals surface area contributed by atoms with E-state index in [9.17, 15) is 9.59 Å². The third kappa shape index (κ3) is 3.51. The normalized spacial score (nSPS) is 19.6. The van der Waals surface area contributed by atoms with Crippen molar-refractivity contribution >= 4 is 23.5 Å². The maximum absolute atomic E-state index is 12.5. The fourth-order valence-corrected chi connectivity index (χ4v) is 3.52. The van der Waals surface area contributed by atoms with Crippen molar-refractivity contribution in [2.24, 2.45) is 0 Å². The van der Waals surface area contributed by atoms with Gasteiger partial charge in [-0.1, -0.05) is 36.6 Å². The number of carbonyl (C=O) groups is 2. The number of benzene rings is 1. The standard InChI is InChI=1S/C17H22ClN3O2/c18-14-6-4-13(5-7-14)12-19-10-3-11-21-15(22)17(20-16(21)23)8-1-2-9-17/h4-7,19H,1-3,8-12H2,(H,20,23). The Morgan fingerprint density at radius 1 is 1.17 bits per heavy atom. The van der Waals surface area contributed by atoms with Crippen molar-refractivity contribution in [1.29, 1.82) is 0 Å². The second-order valence-corrected chi connectivity index (χ2v) is 6.77. The molecular weight excluding hydrogens is 314 g/mol. The number of nitrogens with one attached hydrogen (secondary N) is 2. The number of halogens is 1. The van der Waals surface area contributed by atoms with Gasteiger partial charge in [0.05, 0.1) is 0 Å². The second kappa shape index (κ2) is 6.89. The lowest BCUT2D eigenvalue weighted by Gasteiger charge is -2.20. The third-order valence-corrected chi connectivity index (χ3v) is 4.93. The molecule has 2 aliphatic rings. The van der Waals surface area contributed by atoms with E-state index in [-0.39, 0.29) is 11.9 Å². The summed E-state index contributed by atoms with van der Waals surface area (Å²) >= 11 is 5.85. The SMILES string of the molecule is O=C1NC2(CCCC2)C(=O)N1CCCNCc1ccc(Cl)cc1. The van der Waals surface area contributed by atoms with Gasteiger partial charge < -0.3 is 10.6 Å². The van der Waals surface area contributed by atoms with Crippen LogP contribution in [0.3, 0.4) is 0 Å². The van der Waals surface area contributed by atoms with Gasteiger partial charge >= 0.3 is 6.03 Å². The molecule has 3 amide bonds. The van der Waals surface area contributed by atoms with Crippen LogP contribution in [0.5, 0.6) is 0 Å². The summed E-state index contributed by atoms with van der Waals surface area (Å²) in [4.78, 5) is 25.9. The molecule has 1 aromatic carbocycles. The molecule has 23 heavy (non-hydrogen) atoms. The zero-order valence-corrected chi connectivity index (χ0v) is 13.9. The van der Waals surface area contributed by atoms with Gasteiger partial charge in [0.1, 0.15) is 5.54 Å². The molecule has 6 heteroatoms. The number of hydrogen-bond donors (Lipinski definition) is 2. The molecule has 1 saturated heterocycles. The van der Waals surface area contributed by atoms with Gasteiger partial charge in [0, 0.05) is 18.1 Å². The molecule has 0 aromatic heterocycles. The zero-order chi connectivity index (χ0) is 16.3. The molecular formula is C17H22ClN3O2. The quantitative estimate of drug-likeness (QED) is 0.620. The first-order valence-corrected chi connectivity index (χ1v) is 8.58. The van der Waals surface area contributed by atoms with Crippen LogP contribution in [0.1, 0.15) is 37.7 Å². The number of urea groups is 1. The summed E-state index contributed by atoms with van der Waals surface area (Å²) < 4.78 is 0. The average Bonchev–Trinajstić information content (AvgIpc) is 3.09. The lowest BCUT2D eigenvalue weighted by Crippen LogP contribution is -2.44. The van der Waals surface area contributed by atoms with Crippen LogP contribution in [0.4, 0.5) is 4.79 Å². The molecule has 1 saturated carbocycles. The lowest BCUT2D eigenvalue weighted by molar-refractivity contribution is -0.131. The number of nitrogens with zero attached hydrogens (tertiary/aromatic N) is 1. The van der Waals surface area contributed by atoms with Crippen molar-refractivity contribution in [3.63, 3.8) is 0 Å². The molecule has 1 heterocycles. The Balaban J connectivity index is 1.41. The van der Waals surface area contributed by atoms with Crippen LogP contribution in [0.15, 0.2) is 24.3 Å². The largest absolute Gasteiger partial charge is 0.325 e. The summed E-state index contributed by atoms with van der Waals surface area (Å²) in [6.07, 6.45) is 4.35. The second-order valence-electron chi connectivity index (χ2n) is 6.33. The van der Waals surface area contributed by atoms with Crippen molar-refractivity contribution < 1.29 is 9.59 Å². The Morgan fingerprint density at radius 3 is 2.57 bits per heavy atom. The van der Waals surface area contributed by atoms with Crippen LogP contribution < -0.4 is 10.6 Å². The van der Waals surface area contributed by atoms with Crippen molar-refractivity contribution in [2.75, 3.05) is 13.1 Å². The highest BCUT2D eigenvalue weighted by molar-refractivity contribution is 6.30. The van der Waals surface area contributed by atoms with Gasteiger partial charge in [-0.25, -0.2) is 4.79 Å². The summed E-state index contributed by atoms with van der Waals surface area (Å²) in [5.74, 6) is -0.0299. The molecule has 0 unspecified atom stereocenters. The van der Waals surface area contributed by atoms with Gasteiger partial charge in [0.15, 0.2) is 0 Å². The van der Waals surface area contributed by atoms with Crippen molar-refractivity contribution in [3.05, 3.63) is 34.9 Å². The van der Waals surface area contributed by atoms with E-state index in [1.807, 2.05) is 24.3 Å². The lowest BCUT2D eigenvalue weighted by atomic mass is 9.98. The summed E-state index contributed by atoms with van der Waals surface area (Å²) in [6, 6.07) is 7.47. The van der Waals surface area contributed by atoms with Gasteiger partial charge in [-0.3, -0.25) is 9.69 Å². The predicted molar refractivity (Wildman–Crippen MR) is 89.2 cm³/mol. The zero-order valence-electron chi connectivity index (χ0n) is 13.1. The van der Waals surface area contributed by atoms with Gasteiger partial charge in [-0.15, -0.1) is 0 Å². The molecule has 1 spiro atoms. The number of rotatable bonds is 6. The van der Waals surface area contributed by atoms with Gasteiger partial charge in [0.2, 0.25) is 0 Å². The van der Waals surface area contributed by atoms with E-state index in [1.54, 1.807) is 0 Å². The molecule has 2 fully saturated rings. The first-order chi connectivity index (χ1) is 11.1. The Bertz CT molecular complexity index is 582. The number of amides is 3. The topological polar surface area (TPSA) is 61.4 Å². The summed E-state index contributed by atoms with van der Waals surface area (Å²) in [5.41, 5.74) is 0.572. The van der Waals surface area contributed by atoms with Gasteiger partial charge in [0.25, 0.3) is 5.91 Å². The van der Waals surface area contributed by atoms with Gasteiger partial charge in [-0.2, -0.15) is 0 Å². The summed E-state index contributed by atoms with van der Waals surface area (Å²) in [7, 11) is 0. The molecule has 1 aromatic rings. The molecule has 2 N–H and O–H groups in total. The smallest absolute Gasteiger partial charge is 0.323 e. The molecule has 0 bridgehead atoms. The predicted octanol–water partition coefficient (Wildman–Crippen LogP) is 2.68. The highest BCUT2D eigenvalue weighted by atomic mass is 35.5. The Hall–Kier alpha value is -1.59. The Labute approximate surface area is 141 Å². The van der Waals surface area contributed by atoms with Crippen LogP contribution in [0, 0.1) is 0 Å². The molecule has 3 rings (SSSR count). The minimum Gasteiger partial charge on any atom is -0.323 e. The van der Waals surface area contributed by atoms with E-state index in [4.69, 9.17) is 11.6 Å². The first-order valence-electron chi connectivity index (χ1n) is 8.20. The molecule has 0 radical (unpaired) electrons. The van der Waals surface area contributed by atoms with Crippen LogP contribution >= 0.6 is 11.6 Å². The molecule has 1 aliphatic heterocycles. The average molecular weight is 336 g/mol. The van der Waals surface area contributed by atoms with Crippen LogP contribution in [0.2, 0.25) is 5.02 Å². The fraction of sp³-hybridized carbons (Fsp3) is 0.529. The van der Waals surface area contributed by atoms with Crippen LogP contribution in [-0.2, 0) is 11.3 Å². The highest BCUT2D eigenvalue weighted by Gasteiger charge is 2.51. The van der Waals surface area contributed by atoms with E-state index >= 15 is 0 Å². The van der Waals surface area contributed by atoms with Crippen molar-refractivity contribution in [3.8, 4) is 0 Å². The molecule has 5 nitrogen and oxygen atoms in total. The van der Waals surface area contributed by atoms with Crippen LogP contribution in [0.25, 0.3) is 0 Å². The van der Waals surface area contributed by atoms with E-state index < -0.39 is 5.54 Å². The van der Waals surface area contributed by atoms with Crippen molar-refractivity contribution in [1.82, 2.24) is 15.5 Å². The summed E-state index contributed by atoms with van der Waals surface area (Å²) in [5, 5.41) is 6.96. The number of carbonyl (C=O) groups excluding carboxylic acids is 2. The van der Waals surface area contributed by atoms with Crippen LogP contribution in [-0.4, -0.2) is 35.5 Å². The van der Waals surface area contributed by atoms with E-state index in [0.717, 1.165) is 55.8 Å². The van der Waals surface area contributed by atoms with E-state index in [0.29, 0.717) is 6.54 Å². The van der Waals surface area contributed by atoms with E-state index in [1.165, 1.54) is 4.90 Å². The number of hydrogen-bond acceptors (Lipinski definition) is 3. The summed E-state index contributed by atoms with van der Waals surface area (Å²) in [6.45, 7) is 1.98. The Morgan fingerprint density at radius 2 is 1.87 bits per heavy atom. The number of imide groups is 1. The fourth-order valence-electron chi connectivity index (χ4n) is 3.39. The minimum absolute atomic E-state index is 0.0299. The molecule has 124 valence electrons. The first kappa shape index (κ1) is 16.3. The monoisotopic (exact) mass is 335 g/mol. The van der Waals surface area contributed by atoms with Gasteiger partial charge in [-0.05, 0) is 43.5 Å². The van der Waals surface area contributed by atoms with Crippen molar-refractivity contribution in [2.45, 2.75) is 44.2 Å². The molecule has 0 atom stereocenters. The highest BCUT2D eigenvalue weighted by Crippen LogP contribution is 2.34. The Kier molecular flexibility index (Phi) is 4.87. The van der Waals surface area contributed by atoms with E-state index in [2.05, 4.69) is 10.6 Å². The maximum atomic E-state index is 12.5. The molecule has 1 aliphatic carbocycles. The third-order valence-electron chi connectivity index (χ3n) is 4.68.